The summed E-state index contributed by atoms with van der Waals surface area (Å²) in [5.41, 5.74) is 0. The highest BCUT2D eigenvalue weighted by Gasteiger charge is 2.29. The Morgan fingerprint density at radius 1 is 0.840 bits per heavy atom. The summed E-state index contributed by atoms with van der Waals surface area (Å²) < 4.78 is 10.6. The molecule has 5 nitrogen and oxygen atoms in total. The number of hydrogen-bond donors (Lipinski definition) is 0. The lowest BCUT2D eigenvalue weighted by molar-refractivity contribution is -0.0967. The molecule has 6 heteroatoms. The van der Waals surface area contributed by atoms with Crippen molar-refractivity contribution < 1.29 is 14.3 Å². The van der Waals surface area contributed by atoms with E-state index in [1.54, 1.807) is 26.4 Å². The van der Waals surface area contributed by atoms with Gasteiger partial charge in [-0.05, 0) is 41.0 Å². The van der Waals surface area contributed by atoms with E-state index in [-0.39, 0.29) is 5.91 Å². The van der Waals surface area contributed by atoms with Crippen LogP contribution in [-0.4, -0.2) is 38.5 Å². The first kappa shape index (κ1) is 17.5. The van der Waals surface area contributed by atoms with Gasteiger partial charge in [-0.15, -0.1) is 0 Å². The number of rotatable bonds is 6. The number of nitrogens with zero attached hydrogens (tertiary/aromatic N) is 2. The van der Waals surface area contributed by atoms with E-state index < -0.39 is 7.92 Å². The third-order valence-corrected chi connectivity index (χ3v) is 6.44. The van der Waals surface area contributed by atoms with Crippen molar-refractivity contribution in [3.8, 4) is 11.5 Å². The van der Waals surface area contributed by atoms with Gasteiger partial charge in [-0.25, -0.2) is 5.06 Å². The summed E-state index contributed by atoms with van der Waals surface area (Å²) in [7, 11) is 4.19. The molecule has 0 saturated heterocycles. The highest BCUT2D eigenvalue weighted by Crippen LogP contribution is 2.43. The van der Waals surface area contributed by atoms with Gasteiger partial charge in [0.1, 0.15) is 11.5 Å². The molecule has 1 atom stereocenters. The van der Waals surface area contributed by atoms with Gasteiger partial charge in [-0.1, -0.05) is 24.3 Å². The van der Waals surface area contributed by atoms with Crippen LogP contribution >= 0.6 is 7.92 Å². The first-order valence-corrected chi connectivity index (χ1v) is 9.27. The predicted molar refractivity (Wildman–Crippen MR) is 102 cm³/mol. The zero-order valence-corrected chi connectivity index (χ0v) is 15.4. The second-order valence-corrected chi connectivity index (χ2v) is 7.53. The van der Waals surface area contributed by atoms with Crippen LogP contribution in [0.5, 0.6) is 11.5 Å². The molecule has 0 bridgehead atoms. The SMILES string of the molecule is COc1ccc(P(c2ccc(OC)cc2)C2N=CC=CN2OC)cc1. The van der Waals surface area contributed by atoms with Gasteiger partial charge in [-0.3, -0.25) is 9.83 Å². The van der Waals surface area contributed by atoms with Crippen molar-refractivity contribution in [2.24, 2.45) is 4.99 Å². The van der Waals surface area contributed by atoms with Crippen molar-refractivity contribution in [1.29, 1.82) is 0 Å². The number of aliphatic imine (C=N–C) groups is 1. The topological polar surface area (TPSA) is 43.3 Å². The van der Waals surface area contributed by atoms with Gasteiger partial charge in [0.2, 0.25) is 0 Å². The largest absolute Gasteiger partial charge is 0.497 e. The lowest BCUT2D eigenvalue weighted by atomic mass is 10.3. The summed E-state index contributed by atoms with van der Waals surface area (Å²) in [5.74, 6) is 1.54. The van der Waals surface area contributed by atoms with Crippen molar-refractivity contribution in [3.05, 3.63) is 60.8 Å². The molecule has 0 amide bonds. The molecule has 1 heterocycles. The van der Waals surface area contributed by atoms with Crippen LogP contribution in [0.1, 0.15) is 0 Å². The van der Waals surface area contributed by atoms with Crippen LogP contribution < -0.4 is 20.1 Å². The highest BCUT2D eigenvalue weighted by atomic mass is 31.1. The Bertz CT molecular complexity index is 697. The van der Waals surface area contributed by atoms with Crippen LogP contribution in [0.2, 0.25) is 0 Å². The zero-order chi connectivity index (χ0) is 17.6. The van der Waals surface area contributed by atoms with Crippen molar-refractivity contribution in [3.63, 3.8) is 0 Å². The molecule has 0 fully saturated rings. The van der Waals surface area contributed by atoms with Crippen LogP contribution in [0.15, 0.2) is 65.8 Å². The minimum atomic E-state index is -0.808. The Morgan fingerprint density at radius 2 is 1.36 bits per heavy atom. The fourth-order valence-electron chi connectivity index (χ4n) is 2.63. The van der Waals surface area contributed by atoms with Crippen molar-refractivity contribution in [1.82, 2.24) is 5.06 Å². The van der Waals surface area contributed by atoms with E-state index >= 15 is 0 Å². The molecule has 2 aromatic rings. The van der Waals surface area contributed by atoms with E-state index in [2.05, 4.69) is 29.3 Å². The van der Waals surface area contributed by atoms with Crippen LogP contribution in [0.25, 0.3) is 0 Å². The van der Waals surface area contributed by atoms with Crippen molar-refractivity contribution in [2.45, 2.75) is 5.91 Å². The van der Waals surface area contributed by atoms with Gasteiger partial charge in [0, 0.05) is 20.3 Å². The van der Waals surface area contributed by atoms with Gasteiger partial charge in [0.25, 0.3) is 0 Å². The number of hydrogen-bond acceptors (Lipinski definition) is 5. The third kappa shape index (κ3) is 3.84. The zero-order valence-electron chi connectivity index (χ0n) is 14.5. The first-order chi connectivity index (χ1) is 12.3. The molecule has 130 valence electrons. The molecular formula is C19H21N2O3P. The molecule has 0 N–H and O–H groups in total. The average molecular weight is 356 g/mol. The number of methoxy groups -OCH3 is 2. The smallest absolute Gasteiger partial charge is 0.171 e. The van der Waals surface area contributed by atoms with Crippen LogP contribution in [0, 0.1) is 0 Å². The van der Waals surface area contributed by atoms with E-state index in [1.807, 2.05) is 42.8 Å². The van der Waals surface area contributed by atoms with Gasteiger partial charge >= 0.3 is 0 Å². The summed E-state index contributed by atoms with van der Waals surface area (Å²) in [6, 6.07) is 16.3. The standard InChI is InChI=1S/C19H21N2O3P/c1-22-15-5-9-17(10-6-15)25(18-11-7-16(23-2)8-12-18)19-20-13-4-14-21(19)24-3/h4-14,19H,1-3H3. The summed E-state index contributed by atoms with van der Waals surface area (Å²) in [5, 5.41) is 4.18. The second-order valence-electron chi connectivity index (χ2n) is 5.29. The molecule has 1 aliphatic heterocycles. The fourth-order valence-corrected chi connectivity index (χ4v) is 5.01. The Balaban J connectivity index is 2.03. The minimum absolute atomic E-state index is 0.133. The predicted octanol–water partition coefficient (Wildman–Crippen LogP) is 2.88. The van der Waals surface area contributed by atoms with Gasteiger partial charge in [0.05, 0.1) is 21.3 Å². The van der Waals surface area contributed by atoms with E-state index in [0.29, 0.717) is 0 Å². The summed E-state index contributed by atoms with van der Waals surface area (Å²) in [6.45, 7) is 0. The maximum absolute atomic E-state index is 5.52. The lowest BCUT2D eigenvalue weighted by Gasteiger charge is -2.33. The Hall–Kier alpha value is -2.36. The van der Waals surface area contributed by atoms with E-state index in [1.165, 1.54) is 10.6 Å². The van der Waals surface area contributed by atoms with Gasteiger partial charge in [0.15, 0.2) is 5.91 Å². The molecule has 0 radical (unpaired) electrons. The maximum atomic E-state index is 5.52. The molecule has 3 rings (SSSR count). The number of hydroxylamine groups is 2. The van der Waals surface area contributed by atoms with E-state index in [0.717, 1.165) is 11.5 Å². The monoisotopic (exact) mass is 356 g/mol. The van der Waals surface area contributed by atoms with E-state index in [4.69, 9.17) is 14.3 Å². The number of allylic oxidation sites excluding steroid dienone is 1. The average Bonchev–Trinajstić information content (AvgIpc) is 2.69. The normalized spacial score (nSPS) is 16.3. The number of ether oxygens (including phenoxy) is 2. The van der Waals surface area contributed by atoms with Gasteiger partial charge in [-0.2, -0.15) is 0 Å². The summed E-state index contributed by atoms with van der Waals surface area (Å²) in [4.78, 5) is 10.2. The Kier molecular flexibility index (Phi) is 5.69. The Labute approximate surface area is 149 Å². The molecule has 0 aromatic heterocycles. The maximum Gasteiger partial charge on any atom is 0.171 e. The van der Waals surface area contributed by atoms with Crippen LogP contribution in [0.3, 0.4) is 0 Å². The van der Waals surface area contributed by atoms with Crippen LogP contribution in [-0.2, 0) is 4.84 Å². The van der Waals surface area contributed by atoms with Crippen LogP contribution in [0.4, 0.5) is 0 Å². The quantitative estimate of drug-likeness (QED) is 0.747. The molecular weight excluding hydrogens is 335 g/mol. The fraction of sp³-hybridized carbons (Fsp3) is 0.211. The first-order valence-electron chi connectivity index (χ1n) is 7.86. The van der Waals surface area contributed by atoms with Crippen molar-refractivity contribution in [2.75, 3.05) is 21.3 Å². The molecule has 0 spiro atoms. The summed E-state index contributed by atoms with van der Waals surface area (Å²) in [6.07, 6.45) is 5.60. The molecule has 0 aliphatic carbocycles. The molecule has 0 saturated carbocycles. The second kappa shape index (κ2) is 8.15. The minimum Gasteiger partial charge on any atom is -0.497 e. The number of benzene rings is 2. The van der Waals surface area contributed by atoms with Crippen molar-refractivity contribution >= 4 is 24.7 Å². The molecule has 2 aromatic carbocycles. The highest BCUT2D eigenvalue weighted by molar-refractivity contribution is 7.73. The molecule has 25 heavy (non-hydrogen) atoms. The van der Waals surface area contributed by atoms with Gasteiger partial charge < -0.3 is 9.47 Å². The van der Waals surface area contributed by atoms with E-state index in [9.17, 15) is 0 Å². The lowest BCUT2D eigenvalue weighted by Crippen LogP contribution is -2.34. The third-order valence-electron chi connectivity index (χ3n) is 3.91. The molecule has 1 unspecified atom stereocenters. The summed E-state index contributed by atoms with van der Waals surface area (Å²) >= 11 is 0. The molecule has 1 aliphatic rings. The Morgan fingerprint density at radius 3 is 1.80 bits per heavy atom.